The molecule has 0 spiro atoms. The van der Waals surface area contributed by atoms with Crippen molar-refractivity contribution in [2.75, 3.05) is 13.1 Å². The molecule has 1 fully saturated rings. The number of carbonyl (C=O) groups excluding carboxylic acids is 1. The Morgan fingerprint density at radius 1 is 1.33 bits per heavy atom. The summed E-state index contributed by atoms with van der Waals surface area (Å²) in [7, 11) is 0. The SMILES string of the molecule is CCc1nccn1C1CCCN(C(=O)c2cn3ccccc3n2)C1. The molecular weight excluding hydrogens is 302 g/mol. The smallest absolute Gasteiger partial charge is 0.274 e. The van der Waals surface area contributed by atoms with Crippen molar-refractivity contribution < 1.29 is 4.79 Å². The molecular formula is C18H21N5O. The monoisotopic (exact) mass is 323 g/mol. The summed E-state index contributed by atoms with van der Waals surface area (Å²) in [6, 6.07) is 6.08. The summed E-state index contributed by atoms with van der Waals surface area (Å²) in [5, 5.41) is 0. The highest BCUT2D eigenvalue weighted by molar-refractivity contribution is 5.93. The molecule has 6 heteroatoms. The van der Waals surface area contributed by atoms with E-state index in [2.05, 4.69) is 21.5 Å². The van der Waals surface area contributed by atoms with Crippen LogP contribution in [-0.4, -0.2) is 42.8 Å². The Morgan fingerprint density at radius 2 is 2.25 bits per heavy atom. The summed E-state index contributed by atoms with van der Waals surface area (Å²) < 4.78 is 4.11. The second-order valence-electron chi connectivity index (χ2n) is 6.24. The quantitative estimate of drug-likeness (QED) is 0.744. The number of amides is 1. The standard InChI is InChI=1S/C18H21N5O/c1-2-16-19-8-11-23(16)14-6-5-10-22(12-14)18(24)15-13-21-9-4-3-7-17(21)20-15/h3-4,7-9,11,13-14H,2,5-6,10,12H2,1H3. The van der Waals surface area contributed by atoms with Gasteiger partial charge in [0.2, 0.25) is 0 Å². The summed E-state index contributed by atoms with van der Waals surface area (Å²) in [5.74, 6) is 1.10. The highest BCUT2D eigenvalue weighted by atomic mass is 16.2. The molecule has 1 aliphatic rings. The Hall–Kier alpha value is -2.63. The van der Waals surface area contributed by atoms with Crippen molar-refractivity contribution in [3.05, 3.63) is 54.5 Å². The van der Waals surface area contributed by atoms with Crippen molar-refractivity contribution in [2.24, 2.45) is 0 Å². The van der Waals surface area contributed by atoms with E-state index >= 15 is 0 Å². The van der Waals surface area contributed by atoms with Crippen LogP contribution in [0.1, 0.15) is 42.1 Å². The van der Waals surface area contributed by atoms with Gasteiger partial charge in [0.1, 0.15) is 17.2 Å². The topological polar surface area (TPSA) is 55.4 Å². The van der Waals surface area contributed by atoms with Crippen LogP contribution in [0.3, 0.4) is 0 Å². The van der Waals surface area contributed by atoms with E-state index in [0.29, 0.717) is 11.7 Å². The summed E-state index contributed by atoms with van der Waals surface area (Å²) in [4.78, 5) is 23.7. The van der Waals surface area contributed by atoms with Gasteiger partial charge < -0.3 is 13.9 Å². The van der Waals surface area contributed by atoms with Crippen LogP contribution in [0.4, 0.5) is 0 Å². The number of fused-ring (bicyclic) bond motifs is 1. The van der Waals surface area contributed by atoms with Gasteiger partial charge in [-0.15, -0.1) is 0 Å². The Kier molecular flexibility index (Phi) is 3.80. The lowest BCUT2D eigenvalue weighted by Crippen LogP contribution is -2.41. The first-order chi connectivity index (χ1) is 11.8. The Labute approximate surface area is 140 Å². The summed E-state index contributed by atoms with van der Waals surface area (Å²) >= 11 is 0. The molecule has 24 heavy (non-hydrogen) atoms. The Morgan fingerprint density at radius 3 is 3.08 bits per heavy atom. The first-order valence-corrected chi connectivity index (χ1v) is 8.51. The molecule has 0 aliphatic carbocycles. The molecule has 124 valence electrons. The van der Waals surface area contributed by atoms with Crippen molar-refractivity contribution in [1.82, 2.24) is 23.8 Å². The second kappa shape index (κ2) is 6.11. The number of pyridine rings is 1. The maximum Gasteiger partial charge on any atom is 0.274 e. The van der Waals surface area contributed by atoms with E-state index in [0.717, 1.165) is 43.8 Å². The van der Waals surface area contributed by atoms with Crippen molar-refractivity contribution in [2.45, 2.75) is 32.2 Å². The molecule has 0 saturated carbocycles. The summed E-state index contributed by atoms with van der Waals surface area (Å²) in [6.07, 6.45) is 10.6. The van der Waals surface area contributed by atoms with Crippen LogP contribution in [-0.2, 0) is 6.42 Å². The van der Waals surface area contributed by atoms with Crippen molar-refractivity contribution in [1.29, 1.82) is 0 Å². The van der Waals surface area contributed by atoms with Crippen molar-refractivity contribution in [3.63, 3.8) is 0 Å². The molecule has 1 atom stereocenters. The van der Waals surface area contributed by atoms with E-state index in [9.17, 15) is 4.79 Å². The number of nitrogens with zero attached hydrogens (tertiary/aromatic N) is 5. The maximum atomic E-state index is 12.9. The molecule has 0 bridgehead atoms. The molecule has 0 N–H and O–H groups in total. The highest BCUT2D eigenvalue weighted by Crippen LogP contribution is 2.24. The van der Waals surface area contributed by atoms with Crippen molar-refractivity contribution >= 4 is 11.6 Å². The lowest BCUT2D eigenvalue weighted by atomic mass is 10.0. The molecule has 1 saturated heterocycles. The third kappa shape index (κ3) is 2.58. The number of aromatic nitrogens is 4. The van der Waals surface area contributed by atoms with Crippen LogP contribution in [0.5, 0.6) is 0 Å². The lowest BCUT2D eigenvalue weighted by molar-refractivity contribution is 0.0672. The van der Waals surface area contributed by atoms with E-state index in [-0.39, 0.29) is 5.91 Å². The lowest BCUT2D eigenvalue weighted by Gasteiger charge is -2.33. The second-order valence-corrected chi connectivity index (χ2v) is 6.24. The van der Waals surface area contributed by atoms with Gasteiger partial charge in [0.05, 0.1) is 6.04 Å². The van der Waals surface area contributed by atoms with Crippen LogP contribution in [0.15, 0.2) is 43.0 Å². The minimum absolute atomic E-state index is 0.0153. The van der Waals surface area contributed by atoms with E-state index in [1.807, 2.05) is 52.3 Å². The predicted molar refractivity (Wildman–Crippen MR) is 91.0 cm³/mol. The fourth-order valence-corrected chi connectivity index (χ4v) is 3.52. The number of carbonyl (C=O) groups is 1. The van der Waals surface area contributed by atoms with Crippen LogP contribution >= 0.6 is 0 Å². The molecule has 3 aromatic heterocycles. The molecule has 1 aliphatic heterocycles. The maximum absolute atomic E-state index is 12.9. The zero-order valence-electron chi connectivity index (χ0n) is 13.8. The number of hydrogen-bond donors (Lipinski definition) is 0. The largest absolute Gasteiger partial charge is 0.335 e. The number of rotatable bonds is 3. The van der Waals surface area contributed by atoms with Gasteiger partial charge >= 0.3 is 0 Å². The zero-order valence-corrected chi connectivity index (χ0v) is 13.8. The third-order valence-corrected chi connectivity index (χ3v) is 4.73. The van der Waals surface area contributed by atoms with Crippen LogP contribution in [0.2, 0.25) is 0 Å². The van der Waals surface area contributed by atoms with Gasteiger partial charge in [0.15, 0.2) is 0 Å². The van der Waals surface area contributed by atoms with E-state index in [4.69, 9.17) is 0 Å². The predicted octanol–water partition coefficient (Wildman–Crippen LogP) is 2.57. The molecule has 1 unspecified atom stereocenters. The molecule has 4 rings (SSSR count). The summed E-state index contributed by atoms with van der Waals surface area (Å²) in [6.45, 7) is 3.62. The van der Waals surface area contributed by atoms with E-state index in [1.165, 1.54) is 0 Å². The molecule has 0 radical (unpaired) electrons. The molecule has 0 aromatic carbocycles. The number of imidazole rings is 2. The molecule has 6 nitrogen and oxygen atoms in total. The minimum atomic E-state index is 0.0153. The van der Waals surface area contributed by atoms with Crippen LogP contribution < -0.4 is 0 Å². The fraction of sp³-hybridized carbons (Fsp3) is 0.389. The van der Waals surface area contributed by atoms with Crippen LogP contribution in [0.25, 0.3) is 5.65 Å². The van der Waals surface area contributed by atoms with Gasteiger partial charge in [0.25, 0.3) is 5.91 Å². The Bertz CT molecular complexity index is 832. The van der Waals surface area contributed by atoms with Crippen LogP contribution in [0, 0.1) is 0 Å². The van der Waals surface area contributed by atoms with Gasteiger partial charge in [-0.3, -0.25) is 4.79 Å². The fourth-order valence-electron chi connectivity index (χ4n) is 3.52. The minimum Gasteiger partial charge on any atom is -0.335 e. The van der Waals surface area contributed by atoms with E-state index < -0.39 is 0 Å². The Balaban J connectivity index is 1.56. The summed E-state index contributed by atoms with van der Waals surface area (Å²) in [5.41, 5.74) is 1.32. The number of aryl methyl sites for hydroxylation is 1. The molecule has 3 aromatic rings. The van der Waals surface area contributed by atoms with Crippen molar-refractivity contribution in [3.8, 4) is 0 Å². The molecule has 4 heterocycles. The number of hydrogen-bond acceptors (Lipinski definition) is 3. The van der Waals surface area contributed by atoms with Gasteiger partial charge in [-0.2, -0.15) is 0 Å². The normalized spacial score (nSPS) is 18.2. The molecule has 1 amide bonds. The first-order valence-electron chi connectivity index (χ1n) is 8.51. The zero-order chi connectivity index (χ0) is 16.5. The average Bonchev–Trinajstić information content (AvgIpc) is 3.27. The van der Waals surface area contributed by atoms with Gasteiger partial charge in [0, 0.05) is 44.3 Å². The van der Waals surface area contributed by atoms with E-state index in [1.54, 1.807) is 0 Å². The third-order valence-electron chi connectivity index (χ3n) is 4.73. The number of piperidine rings is 1. The first kappa shape index (κ1) is 14.9. The average molecular weight is 323 g/mol. The highest BCUT2D eigenvalue weighted by Gasteiger charge is 2.27. The van der Waals surface area contributed by atoms with Gasteiger partial charge in [-0.05, 0) is 25.0 Å². The number of likely N-dealkylation sites (tertiary alicyclic amines) is 1. The van der Waals surface area contributed by atoms with Gasteiger partial charge in [-0.25, -0.2) is 9.97 Å². The van der Waals surface area contributed by atoms with Gasteiger partial charge in [-0.1, -0.05) is 13.0 Å².